The van der Waals surface area contributed by atoms with Gasteiger partial charge in [0.1, 0.15) is 5.60 Å². The fraction of sp³-hybridized carbons (Fsp3) is 1.00. The monoisotopic (exact) mass is 164 g/mol. The Balaban J connectivity index is 2.92. The molecule has 0 unspecified atom stereocenters. The molecule has 3 heteroatoms. The van der Waals surface area contributed by atoms with Crippen molar-refractivity contribution in [3.05, 3.63) is 0 Å². The summed E-state index contributed by atoms with van der Waals surface area (Å²) in [4.78, 5) is 0. The Kier molecular flexibility index (Phi) is 1.75. The summed E-state index contributed by atoms with van der Waals surface area (Å²) in [6, 6.07) is 0. The van der Waals surface area contributed by atoms with Gasteiger partial charge in [-0.05, 0) is 18.8 Å². The molecule has 1 fully saturated rings. The predicted octanol–water partition coefficient (Wildman–Crippen LogP) is 2.05. The van der Waals surface area contributed by atoms with E-state index >= 15 is 0 Å². The average Bonchev–Trinajstić information content (AvgIpc) is 1.93. The van der Waals surface area contributed by atoms with Gasteiger partial charge in [-0.3, -0.25) is 0 Å². The molecule has 0 aromatic heterocycles. The molecule has 0 bridgehead atoms. The number of alkyl halides is 2. The lowest BCUT2D eigenvalue weighted by Gasteiger charge is -2.29. The van der Waals surface area contributed by atoms with E-state index in [9.17, 15) is 13.9 Å². The second-order valence-corrected chi connectivity index (χ2v) is 3.82. The maximum atomic E-state index is 13.0. The summed E-state index contributed by atoms with van der Waals surface area (Å²) in [6.45, 7) is 4.65. The Bertz CT molecular complexity index is 165. The van der Waals surface area contributed by atoms with Crippen molar-refractivity contribution in [1.29, 1.82) is 0 Å². The summed E-state index contributed by atoms with van der Waals surface area (Å²) >= 11 is 0. The molecule has 11 heavy (non-hydrogen) atoms. The lowest BCUT2D eigenvalue weighted by molar-refractivity contribution is -0.163. The van der Waals surface area contributed by atoms with Crippen LogP contribution in [0.4, 0.5) is 8.78 Å². The summed E-state index contributed by atoms with van der Waals surface area (Å²) in [7, 11) is 0. The van der Waals surface area contributed by atoms with E-state index < -0.39 is 11.5 Å². The first-order valence-electron chi connectivity index (χ1n) is 3.89. The van der Waals surface area contributed by atoms with Crippen molar-refractivity contribution in [3.63, 3.8) is 0 Å². The third kappa shape index (κ3) is 1.06. The lowest BCUT2D eigenvalue weighted by atomic mass is 9.89. The molecule has 1 aliphatic rings. The second-order valence-electron chi connectivity index (χ2n) is 3.82. The highest BCUT2D eigenvalue weighted by molar-refractivity contribution is 5.02. The number of halogens is 2. The third-order valence-corrected chi connectivity index (χ3v) is 3.06. The van der Waals surface area contributed by atoms with Crippen molar-refractivity contribution < 1.29 is 13.9 Å². The molecular formula is C8H14F2O. The Morgan fingerprint density at radius 2 is 1.82 bits per heavy atom. The van der Waals surface area contributed by atoms with Crippen LogP contribution in [0, 0.1) is 11.8 Å². The van der Waals surface area contributed by atoms with Gasteiger partial charge < -0.3 is 5.11 Å². The largest absolute Gasteiger partial charge is 0.384 e. The van der Waals surface area contributed by atoms with Gasteiger partial charge >= 0.3 is 0 Å². The van der Waals surface area contributed by atoms with Crippen molar-refractivity contribution in [2.75, 3.05) is 0 Å². The van der Waals surface area contributed by atoms with Crippen LogP contribution in [0.1, 0.15) is 27.2 Å². The van der Waals surface area contributed by atoms with Gasteiger partial charge in [0.2, 0.25) is 0 Å². The fourth-order valence-electron chi connectivity index (χ4n) is 1.67. The first kappa shape index (κ1) is 8.91. The minimum atomic E-state index is -2.91. The maximum absolute atomic E-state index is 13.0. The van der Waals surface area contributed by atoms with E-state index in [4.69, 9.17) is 0 Å². The smallest absolute Gasteiger partial charge is 0.276 e. The standard InChI is InChI=1S/C8H14F2O/c1-5-4-8(9,10)7(3,11)6(5)2/h5-6,11H,4H2,1-3H3/t5-,6-,7+/m1/s1. The van der Waals surface area contributed by atoms with Crippen LogP contribution in [-0.2, 0) is 0 Å². The Morgan fingerprint density at radius 1 is 1.36 bits per heavy atom. The summed E-state index contributed by atoms with van der Waals surface area (Å²) in [5.41, 5.74) is -1.81. The molecule has 0 heterocycles. The summed E-state index contributed by atoms with van der Waals surface area (Å²) in [6.07, 6.45) is -0.193. The van der Waals surface area contributed by atoms with Crippen LogP contribution in [0.5, 0.6) is 0 Å². The van der Waals surface area contributed by atoms with Crippen LogP contribution in [0.2, 0.25) is 0 Å². The van der Waals surface area contributed by atoms with Crippen LogP contribution in [0.25, 0.3) is 0 Å². The van der Waals surface area contributed by atoms with E-state index in [1.54, 1.807) is 13.8 Å². The molecular weight excluding hydrogens is 150 g/mol. The van der Waals surface area contributed by atoms with Gasteiger partial charge in [-0.2, -0.15) is 0 Å². The Morgan fingerprint density at radius 3 is 1.91 bits per heavy atom. The molecule has 0 radical (unpaired) electrons. The molecule has 1 nitrogen and oxygen atoms in total. The van der Waals surface area contributed by atoms with E-state index in [-0.39, 0.29) is 18.3 Å². The predicted molar refractivity (Wildman–Crippen MR) is 38.5 cm³/mol. The summed E-state index contributed by atoms with van der Waals surface area (Å²) in [5.74, 6) is -3.33. The van der Waals surface area contributed by atoms with Gasteiger partial charge in [0.25, 0.3) is 5.92 Å². The third-order valence-electron chi connectivity index (χ3n) is 3.06. The fourth-order valence-corrected chi connectivity index (χ4v) is 1.67. The molecule has 0 saturated heterocycles. The first-order valence-corrected chi connectivity index (χ1v) is 3.89. The van der Waals surface area contributed by atoms with Crippen LogP contribution in [0.3, 0.4) is 0 Å². The van der Waals surface area contributed by atoms with Gasteiger partial charge in [-0.1, -0.05) is 13.8 Å². The number of aliphatic hydroxyl groups is 1. The molecule has 66 valence electrons. The van der Waals surface area contributed by atoms with E-state index in [0.717, 1.165) is 0 Å². The second kappa shape index (κ2) is 2.16. The van der Waals surface area contributed by atoms with Gasteiger partial charge in [0.15, 0.2) is 0 Å². The van der Waals surface area contributed by atoms with Crippen LogP contribution in [0.15, 0.2) is 0 Å². The molecule has 1 saturated carbocycles. The quantitative estimate of drug-likeness (QED) is 0.581. The van der Waals surface area contributed by atoms with Crippen molar-refractivity contribution in [3.8, 4) is 0 Å². The molecule has 1 N–H and O–H groups in total. The maximum Gasteiger partial charge on any atom is 0.276 e. The summed E-state index contributed by atoms with van der Waals surface area (Å²) < 4.78 is 25.9. The zero-order chi connectivity index (χ0) is 8.86. The van der Waals surface area contributed by atoms with Crippen LogP contribution >= 0.6 is 0 Å². The molecule has 0 amide bonds. The molecule has 0 aliphatic heterocycles. The van der Waals surface area contributed by atoms with Crippen LogP contribution in [-0.4, -0.2) is 16.6 Å². The van der Waals surface area contributed by atoms with Gasteiger partial charge in [0.05, 0.1) is 0 Å². The molecule has 0 aromatic carbocycles. The molecule has 3 atom stereocenters. The molecule has 0 aromatic rings. The Labute approximate surface area is 65.4 Å². The number of rotatable bonds is 0. The topological polar surface area (TPSA) is 20.2 Å². The van der Waals surface area contributed by atoms with Gasteiger partial charge in [-0.25, -0.2) is 8.78 Å². The number of hydrogen-bond acceptors (Lipinski definition) is 1. The van der Waals surface area contributed by atoms with Crippen molar-refractivity contribution in [2.24, 2.45) is 11.8 Å². The lowest BCUT2D eigenvalue weighted by Crippen LogP contribution is -2.44. The first-order chi connectivity index (χ1) is 4.79. The molecule has 1 rings (SSSR count). The van der Waals surface area contributed by atoms with E-state index in [2.05, 4.69) is 0 Å². The van der Waals surface area contributed by atoms with E-state index in [1.807, 2.05) is 0 Å². The summed E-state index contributed by atoms with van der Waals surface area (Å²) in [5, 5.41) is 9.41. The number of hydrogen-bond donors (Lipinski definition) is 1. The normalized spacial score (nSPS) is 49.6. The highest BCUT2D eigenvalue weighted by Crippen LogP contribution is 2.49. The van der Waals surface area contributed by atoms with Crippen molar-refractivity contribution >= 4 is 0 Å². The van der Waals surface area contributed by atoms with Crippen molar-refractivity contribution in [2.45, 2.75) is 38.7 Å². The van der Waals surface area contributed by atoms with E-state index in [0.29, 0.717) is 0 Å². The zero-order valence-electron chi connectivity index (χ0n) is 7.06. The molecule has 0 spiro atoms. The minimum absolute atomic E-state index is 0.0972. The molecule has 1 aliphatic carbocycles. The zero-order valence-corrected chi connectivity index (χ0v) is 7.06. The Hall–Kier alpha value is -0.180. The highest BCUT2D eigenvalue weighted by atomic mass is 19.3. The minimum Gasteiger partial charge on any atom is -0.384 e. The SMILES string of the molecule is C[C@@H]1CC(F)(F)[C@@](C)(O)[C@@H]1C. The van der Waals surface area contributed by atoms with Gasteiger partial charge in [0, 0.05) is 6.42 Å². The van der Waals surface area contributed by atoms with E-state index in [1.165, 1.54) is 6.92 Å². The van der Waals surface area contributed by atoms with Crippen molar-refractivity contribution in [1.82, 2.24) is 0 Å². The van der Waals surface area contributed by atoms with Crippen LogP contribution < -0.4 is 0 Å². The highest BCUT2D eigenvalue weighted by Gasteiger charge is 2.59. The van der Waals surface area contributed by atoms with Gasteiger partial charge in [-0.15, -0.1) is 0 Å². The average molecular weight is 164 g/mol.